The van der Waals surface area contributed by atoms with Gasteiger partial charge < -0.3 is 26.2 Å². The number of hydrogen-bond donors (Lipinski definition) is 4. The molecule has 8 heteroatoms. The van der Waals surface area contributed by atoms with Crippen LogP contribution in [0.25, 0.3) is 0 Å². The third kappa shape index (κ3) is 7.43. The molecule has 1 heterocycles. The molecule has 0 unspecified atom stereocenters. The standard InChI is InChI=1S/C24H37N5O3/c1-2-14-25-23(31)27-20-10-12-21(13-11-20)28-24(32)29-15-6-9-19(17-29)22(30)26-16-18-7-4-3-5-8-18/h10-13,18-19H,2-9,14-17H2,1H3,(H,26,30)(H,28,32)(H2,25,27,31)/t19-/m0/s1. The average molecular weight is 444 g/mol. The largest absolute Gasteiger partial charge is 0.356 e. The molecule has 8 nitrogen and oxygen atoms in total. The molecule has 176 valence electrons. The molecule has 0 aromatic heterocycles. The molecular formula is C24H37N5O3. The highest BCUT2D eigenvalue weighted by Gasteiger charge is 2.29. The molecule has 1 aromatic rings. The minimum absolute atomic E-state index is 0.0739. The van der Waals surface area contributed by atoms with Crippen molar-refractivity contribution in [1.82, 2.24) is 15.5 Å². The van der Waals surface area contributed by atoms with E-state index in [0.29, 0.717) is 36.9 Å². The zero-order valence-corrected chi connectivity index (χ0v) is 19.1. The Bertz CT molecular complexity index is 761. The van der Waals surface area contributed by atoms with E-state index >= 15 is 0 Å². The number of likely N-dealkylation sites (tertiary alicyclic amines) is 1. The number of urea groups is 2. The van der Waals surface area contributed by atoms with Crippen LogP contribution in [0.3, 0.4) is 0 Å². The van der Waals surface area contributed by atoms with E-state index in [0.717, 1.165) is 25.8 Å². The van der Waals surface area contributed by atoms with Crippen LogP contribution in [0.4, 0.5) is 21.0 Å². The Labute approximate surface area is 190 Å². The van der Waals surface area contributed by atoms with Crippen molar-refractivity contribution in [1.29, 1.82) is 0 Å². The van der Waals surface area contributed by atoms with Crippen molar-refractivity contribution < 1.29 is 14.4 Å². The zero-order chi connectivity index (χ0) is 22.8. The second-order valence-corrected chi connectivity index (χ2v) is 8.92. The van der Waals surface area contributed by atoms with E-state index in [9.17, 15) is 14.4 Å². The second kappa shape index (κ2) is 12.3. The highest BCUT2D eigenvalue weighted by atomic mass is 16.2. The zero-order valence-electron chi connectivity index (χ0n) is 19.1. The number of nitrogens with zero attached hydrogens (tertiary/aromatic N) is 1. The summed E-state index contributed by atoms with van der Waals surface area (Å²) in [5.41, 5.74) is 1.31. The maximum atomic E-state index is 12.7. The summed E-state index contributed by atoms with van der Waals surface area (Å²) in [5.74, 6) is 0.530. The Morgan fingerprint density at radius 1 is 0.906 bits per heavy atom. The third-order valence-electron chi connectivity index (χ3n) is 6.30. The quantitative estimate of drug-likeness (QED) is 0.509. The summed E-state index contributed by atoms with van der Waals surface area (Å²) < 4.78 is 0. The van der Waals surface area contributed by atoms with Gasteiger partial charge in [0.05, 0.1) is 5.92 Å². The van der Waals surface area contributed by atoms with Gasteiger partial charge in [0.1, 0.15) is 0 Å². The first-order chi connectivity index (χ1) is 15.5. The molecule has 0 bridgehead atoms. The highest BCUT2D eigenvalue weighted by molar-refractivity contribution is 5.92. The fourth-order valence-corrected chi connectivity index (χ4v) is 4.41. The van der Waals surface area contributed by atoms with E-state index in [1.165, 1.54) is 32.1 Å². The molecule has 1 aromatic carbocycles. The molecule has 5 amide bonds. The first kappa shape index (κ1) is 23.9. The summed E-state index contributed by atoms with van der Waals surface area (Å²) in [6.45, 7) is 4.47. The maximum Gasteiger partial charge on any atom is 0.321 e. The van der Waals surface area contributed by atoms with Crippen LogP contribution in [-0.4, -0.2) is 49.0 Å². The minimum Gasteiger partial charge on any atom is -0.356 e. The van der Waals surface area contributed by atoms with E-state index in [-0.39, 0.29) is 23.9 Å². The molecule has 1 saturated carbocycles. The van der Waals surface area contributed by atoms with Crippen molar-refractivity contribution in [3.63, 3.8) is 0 Å². The molecule has 1 saturated heterocycles. The average Bonchev–Trinajstić information content (AvgIpc) is 2.83. The van der Waals surface area contributed by atoms with Gasteiger partial charge in [-0.05, 0) is 62.3 Å². The molecule has 0 spiro atoms. The summed E-state index contributed by atoms with van der Waals surface area (Å²) >= 11 is 0. The lowest BCUT2D eigenvalue weighted by atomic mass is 9.89. The van der Waals surface area contributed by atoms with Crippen molar-refractivity contribution in [3.05, 3.63) is 24.3 Å². The van der Waals surface area contributed by atoms with Gasteiger partial charge in [-0.3, -0.25) is 4.79 Å². The van der Waals surface area contributed by atoms with Crippen LogP contribution in [-0.2, 0) is 4.79 Å². The second-order valence-electron chi connectivity index (χ2n) is 8.92. The summed E-state index contributed by atoms with van der Waals surface area (Å²) in [6.07, 6.45) is 8.77. The summed E-state index contributed by atoms with van der Waals surface area (Å²) in [6, 6.07) is 6.57. The fourth-order valence-electron chi connectivity index (χ4n) is 4.41. The lowest BCUT2D eigenvalue weighted by molar-refractivity contribution is -0.126. The predicted octanol–water partition coefficient (Wildman–Crippen LogP) is 4.16. The number of nitrogens with one attached hydrogen (secondary N) is 4. The normalized spacial score (nSPS) is 19.2. The van der Waals surface area contributed by atoms with Gasteiger partial charge in [0.2, 0.25) is 5.91 Å². The number of piperidine rings is 1. The molecule has 32 heavy (non-hydrogen) atoms. The molecule has 1 atom stereocenters. The number of carbonyl (C=O) groups is 3. The number of benzene rings is 1. The van der Waals surface area contributed by atoms with E-state index in [1.54, 1.807) is 29.2 Å². The lowest BCUT2D eigenvalue weighted by Gasteiger charge is -2.32. The van der Waals surface area contributed by atoms with Crippen molar-refractivity contribution in [2.45, 2.75) is 58.3 Å². The third-order valence-corrected chi connectivity index (χ3v) is 6.30. The topological polar surface area (TPSA) is 103 Å². The first-order valence-electron chi connectivity index (χ1n) is 12.0. The number of carbonyl (C=O) groups excluding carboxylic acids is 3. The van der Waals surface area contributed by atoms with Crippen molar-refractivity contribution >= 4 is 29.3 Å². The van der Waals surface area contributed by atoms with Crippen LogP contribution in [0.1, 0.15) is 58.3 Å². The van der Waals surface area contributed by atoms with Crippen molar-refractivity contribution in [3.8, 4) is 0 Å². The Balaban J connectivity index is 1.44. The highest BCUT2D eigenvalue weighted by Crippen LogP contribution is 2.23. The Kier molecular flexibility index (Phi) is 9.19. The van der Waals surface area contributed by atoms with E-state index in [1.807, 2.05) is 6.92 Å². The predicted molar refractivity (Wildman–Crippen MR) is 127 cm³/mol. The van der Waals surface area contributed by atoms with Gasteiger partial charge in [-0.25, -0.2) is 9.59 Å². The summed E-state index contributed by atoms with van der Waals surface area (Å²) in [4.78, 5) is 38.8. The van der Waals surface area contributed by atoms with Gasteiger partial charge in [0, 0.05) is 37.6 Å². The molecule has 0 radical (unpaired) electrons. The molecule has 4 N–H and O–H groups in total. The minimum atomic E-state index is -0.246. The molecule has 1 aliphatic carbocycles. The monoisotopic (exact) mass is 443 g/mol. The van der Waals surface area contributed by atoms with Gasteiger partial charge in [0.25, 0.3) is 0 Å². The molecular weight excluding hydrogens is 406 g/mol. The Morgan fingerprint density at radius 2 is 1.59 bits per heavy atom. The molecule has 2 aliphatic rings. The number of amides is 5. The Hall–Kier alpha value is -2.77. The van der Waals surface area contributed by atoms with Crippen LogP contribution >= 0.6 is 0 Å². The van der Waals surface area contributed by atoms with Gasteiger partial charge >= 0.3 is 12.1 Å². The van der Waals surface area contributed by atoms with Crippen LogP contribution in [0, 0.1) is 11.8 Å². The maximum absolute atomic E-state index is 12.7. The van der Waals surface area contributed by atoms with E-state index in [2.05, 4.69) is 21.3 Å². The summed E-state index contributed by atoms with van der Waals surface area (Å²) in [5, 5.41) is 11.5. The SMILES string of the molecule is CCCNC(=O)Nc1ccc(NC(=O)N2CCC[C@H](C(=O)NCC3CCCCC3)C2)cc1. The van der Waals surface area contributed by atoms with Gasteiger partial charge in [0.15, 0.2) is 0 Å². The van der Waals surface area contributed by atoms with Gasteiger partial charge in [-0.15, -0.1) is 0 Å². The first-order valence-corrected chi connectivity index (χ1v) is 12.0. The number of anilines is 2. The Morgan fingerprint density at radius 3 is 2.28 bits per heavy atom. The van der Waals surface area contributed by atoms with Gasteiger partial charge in [-0.1, -0.05) is 26.2 Å². The number of hydrogen-bond acceptors (Lipinski definition) is 3. The van der Waals surface area contributed by atoms with Gasteiger partial charge in [-0.2, -0.15) is 0 Å². The molecule has 1 aliphatic heterocycles. The fraction of sp³-hybridized carbons (Fsp3) is 0.625. The van der Waals surface area contributed by atoms with Crippen molar-refractivity contribution in [2.24, 2.45) is 11.8 Å². The van der Waals surface area contributed by atoms with Crippen LogP contribution in [0.5, 0.6) is 0 Å². The van der Waals surface area contributed by atoms with Crippen LogP contribution < -0.4 is 21.3 Å². The van der Waals surface area contributed by atoms with E-state index in [4.69, 9.17) is 0 Å². The molecule has 2 fully saturated rings. The van der Waals surface area contributed by atoms with E-state index < -0.39 is 0 Å². The molecule has 3 rings (SSSR count). The van der Waals surface area contributed by atoms with Crippen molar-refractivity contribution in [2.75, 3.05) is 36.8 Å². The number of rotatable bonds is 7. The lowest BCUT2D eigenvalue weighted by Crippen LogP contribution is -2.47. The van der Waals surface area contributed by atoms with Crippen LogP contribution in [0.15, 0.2) is 24.3 Å². The smallest absolute Gasteiger partial charge is 0.321 e. The van der Waals surface area contributed by atoms with Crippen LogP contribution in [0.2, 0.25) is 0 Å². The summed E-state index contributed by atoms with van der Waals surface area (Å²) in [7, 11) is 0.